The fourth-order valence-electron chi connectivity index (χ4n) is 1.98. The molecule has 0 saturated carbocycles. The van der Waals surface area contributed by atoms with Crippen LogP contribution in [0.3, 0.4) is 0 Å². The van der Waals surface area contributed by atoms with Crippen molar-refractivity contribution < 1.29 is 22.0 Å². The minimum atomic E-state index is -3.68. The van der Waals surface area contributed by atoms with E-state index in [0.717, 1.165) is 12.1 Å². The fraction of sp³-hybridized carbons (Fsp3) is 0.188. The van der Waals surface area contributed by atoms with E-state index in [0.29, 0.717) is 0 Å². The summed E-state index contributed by atoms with van der Waals surface area (Å²) >= 11 is 1.51. The second-order valence-electron chi connectivity index (χ2n) is 5.30. The van der Waals surface area contributed by atoms with E-state index in [1.165, 1.54) is 60.7 Å². The summed E-state index contributed by atoms with van der Waals surface area (Å²) in [5, 5.41) is 1.62. The number of anilines is 1. The average molecular weight is 465 g/mol. The third kappa shape index (κ3) is 3.75. The first-order valence-electron chi connectivity index (χ1n) is 6.93. The molecule has 0 saturated heterocycles. The summed E-state index contributed by atoms with van der Waals surface area (Å²) in [5.74, 6) is -2.38. The minimum absolute atomic E-state index is 0.0782. The zero-order valence-electron chi connectivity index (χ0n) is 12.8. The highest BCUT2D eigenvalue weighted by atomic mass is 127. The lowest BCUT2D eigenvalue weighted by Gasteiger charge is -2.13. The van der Waals surface area contributed by atoms with E-state index in [1.807, 2.05) is 0 Å². The molecule has 0 aliphatic heterocycles. The van der Waals surface area contributed by atoms with Crippen LogP contribution in [-0.2, 0) is 9.84 Å². The van der Waals surface area contributed by atoms with Gasteiger partial charge in [0, 0.05) is 5.69 Å². The summed E-state index contributed by atoms with van der Waals surface area (Å²) < 4.78 is 51.7. The van der Waals surface area contributed by atoms with Gasteiger partial charge in [0.15, 0.2) is 9.84 Å². The number of sulfone groups is 1. The third-order valence-electron chi connectivity index (χ3n) is 3.30. The molecule has 2 aromatic rings. The number of hydrogen-bond acceptors (Lipinski definition) is 3. The maximum absolute atomic E-state index is 13.6. The number of carbonyl (C=O) groups is 1. The van der Waals surface area contributed by atoms with Crippen LogP contribution in [0.1, 0.15) is 24.2 Å². The number of hydrogen-bond donors (Lipinski definition) is 1. The molecule has 1 amide bonds. The van der Waals surface area contributed by atoms with Crippen LogP contribution in [0.5, 0.6) is 0 Å². The lowest BCUT2D eigenvalue weighted by Crippen LogP contribution is -2.21. The Balaban J connectivity index is 2.42. The van der Waals surface area contributed by atoms with Crippen LogP contribution >= 0.6 is 22.6 Å². The van der Waals surface area contributed by atoms with Gasteiger partial charge in [-0.2, -0.15) is 0 Å². The molecule has 4 nitrogen and oxygen atoms in total. The Hall–Kier alpha value is -1.55. The highest BCUT2D eigenvalue weighted by Gasteiger charge is 2.25. The zero-order chi connectivity index (χ0) is 18.1. The first-order chi connectivity index (χ1) is 11.1. The molecule has 8 heteroatoms. The Morgan fingerprint density at radius 2 is 1.67 bits per heavy atom. The van der Waals surface area contributed by atoms with Crippen molar-refractivity contribution in [1.29, 1.82) is 0 Å². The SMILES string of the molecule is CC(C)S(=O)(=O)c1ccccc1C(=O)Nc1cc(F)c(I)c(F)c1. The molecule has 0 spiro atoms. The summed E-state index contributed by atoms with van der Waals surface area (Å²) in [4.78, 5) is 12.3. The Labute approximate surface area is 152 Å². The number of carbonyl (C=O) groups excluding carboxylic acids is 1. The van der Waals surface area contributed by atoms with Crippen molar-refractivity contribution >= 4 is 44.0 Å². The van der Waals surface area contributed by atoms with Crippen molar-refractivity contribution in [3.63, 3.8) is 0 Å². The third-order valence-corrected chi connectivity index (χ3v) is 6.54. The van der Waals surface area contributed by atoms with Crippen LogP contribution in [-0.4, -0.2) is 19.6 Å². The predicted octanol–water partition coefficient (Wildman–Crippen LogP) is 4.00. The maximum Gasteiger partial charge on any atom is 0.256 e. The van der Waals surface area contributed by atoms with Crippen LogP contribution in [0.2, 0.25) is 0 Å². The second-order valence-corrected chi connectivity index (χ2v) is 8.85. The molecule has 2 aromatic carbocycles. The fourth-order valence-corrected chi connectivity index (χ4v) is 3.54. The van der Waals surface area contributed by atoms with E-state index < -0.39 is 32.6 Å². The van der Waals surface area contributed by atoms with Gasteiger partial charge in [-0.05, 0) is 60.7 Å². The molecule has 0 aliphatic carbocycles. The minimum Gasteiger partial charge on any atom is -0.322 e. The maximum atomic E-state index is 13.6. The van der Waals surface area contributed by atoms with Gasteiger partial charge in [-0.15, -0.1) is 0 Å². The van der Waals surface area contributed by atoms with Crippen molar-refractivity contribution in [2.75, 3.05) is 5.32 Å². The number of rotatable bonds is 4. The lowest BCUT2D eigenvalue weighted by molar-refractivity contribution is 0.102. The number of nitrogens with one attached hydrogen (secondary N) is 1. The summed E-state index contributed by atoms with van der Waals surface area (Å²) in [6, 6.07) is 7.66. The predicted molar refractivity (Wildman–Crippen MR) is 95.8 cm³/mol. The molecule has 2 rings (SSSR count). The van der Waals surface area contributed by atoms with Gasteiger partial charge in [0.05, 0.1) is 19.3 Å². The summed E-state index contributed by atoms with van der Waals surface area (Å²) in [6.45, 7) is 3.02. The molecule has 0 heterocycles. The van der Waals surface area contributed by atoms with Crippen molar-refractivity contribution in [1.82, 2.24) is 0 Å². The van der Waals surface area contributed by atoms with Crippen molar-refractivity contribution in [2.45, 2.75) is 24.0 Å². The van der Waals surface area contributed by atoms with Gasteiger partial charge < -0.3 is 5.32 Å². The van der Waals surface area contributed by atoms with Gasteiger partial charge in [-0.1, -0.05) is 12.1 Å². The smallest absolute Gasteiger partial charge is 0.256 e. The Bertz CT molecular complexity index is 875. The van der Waals surface area contributed by atoms with E-state index >= 15 is 0 Å². The van der Waals surface area contributed by atoms with Gasteiger partial charge in [0.1, 0.15) is 11.6 Å². The number of halogens is 3. The Kier molecular flexibility index (Phi) is 5.59. The molecule has 0 aromatic heterocycles. The van der Waals surface area contributed by atoms with Crippen LogP contribution in [0.15, 0.2) is 41.3 Å². The van der Waals surface area contributed by atoms with Crippen LogP contribution in [0, 0.1) is 15.2 Å². The number of amides is 1. The summed E-state index contributed by atoms with van der Waals surface area (Å²) in [7, 11) is -3.68. The summed E-state index contributed by atoms with van der Waals surface area (Å²) in [5.41, 5.74) is -0.169. The molecule has 1 N–H and O–H groups in total. The highest BCUT2D eigenvalue weighted by Crippen LogP contribution is 2.24. The van der Waals surface area contributed by atoms with Gasteiger partial charge in [-0.25, -0.2) is 17.2 Å². The van der Waals surface area contributed by atoms with E-state index in [4.69, 9.17) is 0 Å². The van der Waals surface area contributed by atoms with Crippen molar-refractivity contribution in [2.24, 2.45) is 0 Å². The standard InChI is InChI=1S/C16H14F2INO3S/c1-9(2)24(22,23)14-6-4-3-5-11(14)16(21)20-10-7-12(17)15(19)13(18)8-10/h3-9H,1-2H3,(H,20,21). The van der Waals surface area contributed by atoms with E-state index in [2.05, 4.69) is 5.32 Å². The Morgan fingerprint density at radius 3 is 2.21 bits per heavy atom. The van der Waals surface area contributed by atoms with Crippen LogP contribution < -0.4 is 5.32 Å². The van der Waals surface area contributed by atoms with Crippen molar-refractivity contribution in [3.8, 4) is 0 Å². The van der Waals surface area contributed by atoms with Gasteiger partial charge in [0.25, 0.3) is 5.91 Å². The molecule has 0 aliphatic rings. The monoisotopic (exact) mass is 465 g/mol. The second kappa shape index (κ2) is 7.14. The largest absolute Gasteiger partial charge is 0.322 e. The van der Waals surface area contributed by atoms with Crippen LogP contribution in [0.25, 0.3) is 0 Å². The molecule has 0 bridgehead atoms. The highest BCUT2D eigenvalue weighted by molar-refractivity contribution is 14.1. The molecule has 128 valence electrons. The van der Waals surface area contributed by atoms with E-state index in [1.54, 1.807) is 0 Å². The molecule has 24 heavy (non-hydrogen) atoms. The van der Waals surface area contributed by atoms with E-state index in [9.17, 15) is 22.0 Å². The topological polar surface area (TPSA) is 63.2 Å². The molecule has 0 unspecified atom stereocenters. The zero-order valence-corrected chi connectivity index (χ0v) is 15.8. The molecular weight excluding hydrogens is 451 g/mol. The molecule has 0 atom stereocenters. The van der Waals surface area contributed by atoms with Crippen LogP contribution in [0.4, 0.5) is 14.5 Å². The normalized spacial score (nSPS) is 11.6. The molecule has 0 fully saturated rings. The Morgan fingerprint density at radius 1 is 1.12 bits per heavy atom. The van der Waals surface area contributed by atoms with Gasteiger partial charge in [0.2, 0.25) is 0 Å². The lowest BCUT2D eigenvalue weighted by atomic mass is 10.2. The quantitative estimate of drug-likeness (QED) is 0.549. The summed E-state index contributed by atoms with van der Waals surface area (Å²) in [6.07, 6.45) is 0. The first-order valence-corrected chi connectivity index (χ1v) is 9.56. The van der Waals surface area contributed by atoms with Crippen molar-refractivity contribution in [3.05, 3.63) is 57.2 Å². The van der Waals surface area contributed by atoms with Gasteiger partial charge >= 0.3 is 0 Å². The molecule has 0 radical (unpaired) electrons. The average Bonchev–Trinajstić information content (AvgIpc) is 2.52. The molecular formula is C16H14F2INO3S. The van der Waals surface area contributed by atoms with Gasteiger partial charge in [-0.3, -0.25) is 4.79 Å². The van der Waals surface area contributed by atoms with E-state index in [-0.39, 0.29) is 19.7 Å². The number of benzene rings is 2. The first kappa shape index (κ1) is 18.8.